The summed E-state index contributed by atoms with van der Waals surface area (Å²) in [5, 5.41) is 8.44. The van der Waals surface area contributed by atoms with Crippen molar-refractivity contribution in [2.75, 3.05) is 13.2 Å². The number of amides is 3. The van der Waals surface area contributed by atoms with Crippen molar-refractivity contribution >= 4 is 29.5 Å². The molecule has 0 bridgehead atoms. The maximum Gasteiger partial charge on any atom is 0.340 e. The Bertz CT molecular complexity index is 976. The highest BCUT2D eigenvalue weighted by atomic mass is 16.5. The third kappa shape index (κ3) is 8.65. The van der Waals surface area contributed by atoms with Crippen LogP contribution in [0.4, 0.5) is 0 Å². The van der Waals surface area contributed by atoms with Gasteiger partial charge in [-0.3, -0.25) is 24.2 Å². The van der Waals surface area contributed by atoms with Gasteiger partial charge in [0.1, 0.15) is 6.04 Å². The van der Waals surface area contributed by atoms with Crippen molar-refractivity contribution in [2.24, 2.45) is 17.8 Å². The summed E-state index contributed by atoms with van der Waals surface area (Å²) in [5.74, 6) is -2.44. The van der Waals surface area contributed by atoms with Crippen molar-refractivity contribution in [3.05, 3.63) is 30.1 Å². The van der Waals surface area contributed by atoms with Crippen LogP contribution in [-0.2, 0) is 23.9 Å². The van der Waals surface area contributed by atoms with Crippen molar-refractivity contribution < 1.29 is 33.0 Å². The normalized spacial score (nSPS) is 19.5. The molecule has 10 nitrogen and oxygen atoms in total. The number of rotatable bonds is 12. The molecular formula is C27H44N4O6. The SMILES string of the molecule is CC(C)C[C@H](NC(=O)C1CCCC1)C(=O)N[C@@H](C[C@@H]1CCCNC1=O)C(=O)COC(=O)c1cccnc1.[HH].[HH].[HH]. The molecule has 0 unspecified atom stereocenters. The second kappa shape index (κ2) is 13.9. The van der Waals surface area contributed by atoms with Gasteiger partial charge >= 0.3 is 5.97 Å². The van der Waals surface area contributed by atoms with Crippen molar-refractivity contribution in [1.82, 2.24) is 20.9 Å². The summed E-state index contributed by atoms with van der Waals surface area (Å²) in [5.41, 5.74) is 0.203. The van der Waals surface area contributed by atoms with E-state index in [1.807, 2.05) is 13.8 Å². The fourth-order valence-corrected chi connectivity index (χ4v) is 4.87. The zero-order valence-corrected chi connectivity index (χ0v) is 21.7. The van der Waals surface area contributed by atoms with Gasteiger partial charge in [-0.2, -0.15) is 0 Å². The van der Waals surface area contributed by atoms with Crippen molar-refractivity contribution in [2.45, 2.75) is 77.3 Å². The number of carbonyl (C=O) groups excluding carboxylic acids is 5. The first-order chi connectivity index (χ1) is 17.7. The molecule has 3 rings (SSSR count). The van der Waals surface area contributed by atoms with Crippen LogP contribution in [0.15, 0.2) is 24.5 Å². The average molecular weight is 521 g/mol. The van der Waals surface area contributed by atoms with Crippen LogP contribution >= 0.6 is 0 Å². The Balaban J connectivity index is 0.00000507. The van der Waals surface area contributed by atoms with Gasteiger partial charge in [0.2, 0.25) is 17.7 Å². The predicted octanol–water partition coefficient (Wildman–Crippen LogP) is 2.67. The van der Waals surface area contributed by atoms with E-state index in [0.717, 1.165) is 32.1 Å². The molecule has 2 aliphatic rings. The Hall–Kier alpha value is -3.30. The summed E-state index contributed by atoms with van der Waals surface area (Å²) < 4.78 is 5.18. The first-order valence-electron chi connectivity index (χ1n) is 13.2. The molecule has 3 atom stereocenters. The highest BCUT2D eigenvalue weighted by molar-refractivity contribution is 5.96. The zero-order valence-electron chi connectivity index (χ0n) is 21.7. The van der Waals surface area contributed by atoms with E-state index in [1.165, 1.54) is 18.5 Å². The number of hydrogen-bond acceptors (Lipinski definition) is 7. The van der Waals surface area contributed by atoms with Gasteiger partial charge in [-0.25, -0.2) is 4.79 Å². The quantitative estimate of drug-likeness (QED) is 0.360. The molecule has 2 fully saturated rings. The lowest BCUT2D eigenvalue weighted by atomic mass is 9.90. The minimum Gasteiger partial charge on any atom is -0.454 e. The molecule has 37 heavy (non-hydrogen) atoms. The Kier molecular flexibility index (Phi) is 10.6. The third-order valence-electron chi connectivity index (χ3n) is 6.93. The molecular weight excluding hydrogens is 476 g/mol. The van der Waals surface area contributed by atoms with E-state index < -0.39 is 42.3 Å². The molecule has 3 amide bonds. The van der Waals surface area contributed by atoms with Gasteiger partial charge in [-0.15, -0.1) is 0 Å². The number of pyridine rings is 1. The summed E-state index contributed by atoms with van der Waals surface area (Å²) in [6, 6.07) is 1.26. The number of carbonyl (C=O) groups is 5. The summed E-state index contributed by atoms with van der Waals surface area (Å²) in [4.78, 5) is 67.8. The molecule has 0 spiro atoms. The van der Waals surface area contributed by atoms with E-state index in [4.69, 9.17) is 4.74 Å². The van der Waals surface area contributed by atoms with Crippen LogP contribution in [0, 0.1) is 17.8 Å². The van der Waals surface area contributed by atoms with Crippen LogP contribution in [-0.4, -0.2) is 59.7 Å². The van der Waals surface area contributed by atoms with Crippen LogP contribution in [0.3, 0.4) is 0 Å². The molecule has 1 aliphatic carbocycles. The molecule has 1 aromatic rings. The third-order valence-corrected chi connectivity index (χ3v) is 6.93. The Labute approximate surface area is 222 Å². The van der Waals surface area contributed by atoms with Crippen LogP contribution in [0.1, 0.15) is 79.9 Å². The molecule has 3 N–H and O–H groups in total. The number of nitrogens with one attached hydrogen (secondary N) is 3. The van der Waals surface area contributed by atoms with E-state index in [1.54, 1.807) is 6.07 Å². The van der Waals surface area contributed by atoms with E-state index in [-0.39, 0.29) is 39.9 Å². The topological polar surface area (TPSA) is 144 Å². The van der Waals surface area contributed by atoms with E-state index in [2.05, 4.69) is 20.9 Å². The predicted molar refractivity (Wildman–Crippen MR) is 141 cm³/mol. The Morgan fingerprint density at radius 1 is 1.11 bits per heavy atom. The maximum atomic E-state index is 13.3. The fourth-order valence-electron chi connectivity index (χ4n) is 4.87. The van der Waals surface area contributed by atoms with Gasteiger partial charge in [0, 0.05) is 35.1 Å². The van der Waals surface area contributed by atoms with Gasteiger partial charge in [0.15, 0.2) is 12.4 Å². The highest BCUT2D eigenvalue weighted by Gasteiger charge is 2.34. The lowest BCUT2D eigenvalue weighted by Gasteiger charge is -2.28. The number of hydrogen-bond donors (Lipinski definition) is 3. The summed E-state index contributed by atoms with van der Waals surface area (Å²) in [6.07, 6.45) is 8.32. The van der Waals surface area contributed by atoms with Crippen molar-refractivity contribution in [1.29, 1.82) is 0 Å². The minimum absolute atomic E-state index is 0. The Morgan fingerprint density at radius 2 is 1.86 bits per heavy atom. The van der Waals surface area contributed by atoms with Gasteiger partial charge in [0.25, 0.3) is 0 Å². The number of aromatic nitrogens is 1. The van der Waals surface area contributed by atoms with E-state index >= 15 is 0 Å². The van der Waals surface area contributed by atoms with Crippen molar-refractivity contribution in [3.8, 4) is 0 Å². The summed E-state index contributed by atoms with van der Waals surface area (Å²) >= 11 is 0. The lowest BCUT2D eigenvalue weighted by Crippen LogP contribution is -2.54. The summed E-state index contributed by atoms with van der Waals surface area (Å²) in [6.45, 7) is 3.92. The standard InChI is InChI=1S/C27H38N4O6.3H2/c1-17(2)13-22(31-25(34)18-7-3-4-8-18)26(35)30-21(14-19-9-6-12-29-24(19)33)23(32)16-37-27(36)20-10-5-11-28-15-20;;;/h5,10-11,15,17-19,21-22H,3-4,6-9,12-14,16H2,1-2H3,(H,29,33)(H,30,35)(H,31,34);3*1H/t19-,21-,22-;;;/m0.../s1. The fraction of sp³-hybridized carbons (Fsp3) is 0.630. The highest BCUT2D eigenvalue weighted by Crippen LogP contribution is 2.25. The van der Waals surface area contributed by atoms with Crippen LogP contribution in [0.5, 0.6) is 0 Å². The molecule has 1 aromatic heterocycles. The molecule has 0 aromatic carbocycles. The molecule has 2 heterocycles. The van der Waals surface area contributed by atoms with Gasteiger partial charge < -0.3 is 20.7 Å². The second-order valence-electron chi connectivity index (χ2n) is 10.4. The lowest BCUT2D eigenvalue weighted by molar-refractivity contribution is -0.134. The second-order valence-corrected chi connectivity index (χ2v) is 10.4. The van der Waals surface area contributed by atoms with Crippen molar-refractivity contribution in [3.63, 3.8) is 0 Å². The number of esters is 1. The number of ketones is 1. The summed E-state index contributed by atoms with van der Waals surface area (Å²) in [7, 11) is 0. The number of nitrogens with zero attached hydrogens (tertiary/aromatic N) is 1. The van der Waals surface area contributed by atoms with E-state index in [0.29, 0.717) is 19.4 Å². The molecule has 1 aliphatic heterocycles. The minimum atomic E-state index is -1.04. The monoisotopic (exact) mass is 520 g/mol. The van der Waals surface area contributed by atoms with Gasteiger partial charge in [0.05, 0.1) is 11.6 Å². The number of piperidine rings is 1. The molecule has 1 saturated carbocycles. The van der Waals surface area contributed by atoms with Crippen LogP contribution < -0.4 is 16.0 Å². The van der Waals surface area contributed by atoms with Crippen LogP contribution in [0.2, 0.25) is 0 Å². The van der Waals surface area contributed by atoms with Crippen LogP contribution in [0.25, 0.3) is 0 Å². The first-order valence-corrected chi connectivity index (χ1v) is 13.2. The zero-order chi connectivity index (χ0) is 26.8. The first kappa shape index (κ1) is 28.3. The Morgan fingerprint density at radius 3 is 2.51 bits per heavy atom. The number of Topliss-reactive ketones (excluding diaryl/α,β-unsaturated/α-hetero) is 1. The molecule has 208 valence electrons. The van der Waals surface area contributed by atoms with Gasteiger partial charge in [-0.05, 0) is 56.6 Å². The maximum absolute atomic E-state index is 13.3. The van der Waals surface area contributed by atoms with E-state index in [9.17, 15) is 24.0 Å². The average Bonchev–Trinajstić information content (AvgIpc) is 3.43. The smallest absolute Gasteiger partial charge is 0.340 e. The van der Waals surface area contributed by atoms with Gasteiger partial charge in [-0.1, -0.05) is 26.7 Å². The number of ether oxygens (including phenoxy) is 1. The largest absolute Gasteiger partial charge is 0.454 e. The molecule has 10 heteroatoms. The molecule has 0 radical (unpaired) electrons. The molecule has 1 saturated heterocycles.